The second-order valence-electron chi connectivity index (χ2n) is 4.47. The van der Waals surface area contributed by atoms with Crippen molar-refractivity contribution in [1.82, 2.24) is 9.97 Å². The Kier molecular flexibility index (Phi) is 4.89. The molecule has 0 unspecified atom stereocenters. The van der Waals surface area contributed by atoms with Gasteiger partial charge in [-0.3, -0.25) is 4.79 Å². The Hall–Kier alpha value is -1.37. The van der Waals surface area contributed by atoms with Crippen molar-refractivity contribution in [3.8, 4) is 0 Å². The van der Waals surface area contributed by atoms with Gasteiger partial charge in [0.05, 0.1) is 11.9 Å². The van der Waals surface area contributed by atoms with Crippen molar-refractivity contribution in [2.24, 2.45) is 0 Å². The molecule has 1 aromatic heterocycles. The molecule has 1 rings (SSSR count). The fraction of sp³-hybridized carbons (Fsp3) is 0.545. The van der Waals surface area contributed by atoms with E-state index >= 15 is 0 Å². The zero-order valence-electron chi connectivity index (χ0n) is 10.8. The van der Waals surface area contributed by atoms with Gasteiger partial charge in [-0.2, -0.15) is 0 Å². The van der Waals surface area contributed by atoms with Gasteiger partial charge >= 0.3 is 5.97 Å². The van der Waals surface area contributed by atoms with Crippen LogP contribution in [0.2, 0.25) is 0 Å². The molecule has 1 N–H and O–H groups in total. The van der Waals surface area contributed by atoms with Crippen molar-refractivity contribution < 1.29 is 13.9 Å². The molecule has 0 saturated carbocycles. The maximum absolute atomic E-state index is 13.4. The summed E-state index contributed by atoms with van der Waals surface area (Å²) in [4.78, 5) is 19.1. The summed E-state index contributed by atoms with van der Waals surface area (Å²) in [5.74, 6) is -0.642. The number of rotatable bonds is 4. The third-order valence-corrected chi connectivity index (χ3v) is 2.62. The van der Waals surface area contributed by atoms with Crippen LogP contribution >= 0.6 is 11.8 Å². The summed E-state index contributed by atoms with van der Waals surface area (Å²) in [5, 5.41) is 2.83. The number of hydrogen-bond donors (Lipinski definition) is 1. The maximum atomic E-state index is 13.4. The molecular formula is C11H16FN3O2S. The van der Waals surface area contributed by atoms with E-state index in [2.05, 4.69) is 15.3 Å². The van der Waals surface area contributed by atoms with Crippen LogP contribution in [0.3, 0.4) is 0 Å². The number of ether oxygens (including phenoxy) is 1. The number of esters is 1. The van der Waals surface area contributed by atoms with Crippen LogP contribution in [0.4, 0.5) is 10.3 Å². The highest BCUT2D eigenvalue weighted by atomic mass is 32.2. The fourth-order valence-corrected chi connectivity index (χ4v) is 1.73. The van der Waals surface area contributed by atoms with Gasteiger partial charge in [0.2, 0.25) is 5.95 Å². The molecule has 18 heavy (non-hydrogen) atoms. The topological polar surface area (TPSA) is 64.1 Å². The van der Waals surface area contributed by atoms with Gasteiger partial charge in [-0.1, -0.05) is 11.8 Å². The average Bonchev–Trinajstić information content (AvgIpc) is 2.25. The summed E-state index contributed by atoms with van der Waals surface area (Å²) < 4.78 is 18.5. The summed E-state index contributed by atoms with van der Waals surface area (Å²) in [6.45, 7) is 5.33. The molecule has 7 heteroatoms. The minimum atomic E-state index is -0.553. The highest BCUT2D eigenvalue weighted by Crippen LogP contribution is 2.20. The Labute approximate surface area is 110 Å². The summed E-state index contributed by atoms with van der Waals surface area (Å²) >= 11 is 0.985. The third kappa shape index (κ3) is 4.87. The van der Waals surface area contributed by atoms with Crippen molar-refractivity contribution in [2.45, 2.75) is 31.4 Å². The van der Waals surface area contributed by atoms with E-state index in [-0.39, 0.29) is 10.8 Å². The normalized spacial score (nSPS) is 11.2. The molecule has 0 aliphatic rings. The average molecular weight is 273 g/mol. The van der Waals surface area contributed by atoms with Crippen LogP contribution in [0, 0.1) is 5.82 Å². The van der Waals surface area contributed by atoms with Gasteiger partial charge in [-0.25, -0.2) is 14.4 Å². The predicted molar refractivity (Wildman–Crippen MR) is 68.1 cm³/mol. The molecule has 0 saturated heterocycles. The van der Waals surface area contributed by atoms with Crippen molar-refractivity contribution in [3.05, 3.63) is 12.0 Å². The Bertz CT molecular complexity index is 435. The smallest absolute Gasteiger partial charge is 0.316 e. The first-order valence-corrected chi connectivity index (χ1v) is 6.35. The molecule has 1 aromatic rings. The van der Waals surface area contributed by atoms with Crippen LogP contribution in [-0.2, 0) is 9.53 Å². The largest absolute Gasteiger partial charge is 0.459 e. The highest BCUT2D eigenvalue weighted by molar-refractivity contribution is 7.99. The number of nitrogens with one attached hydrogen (secondary N) is 1. The molecular weight excluding hydrogens is 257 g/mol. The molecule has 0 aliphatic carbocycles. The van der Waals surface area contributed by atoms with Crippen molar-refractivity contribution in [1.29, 1.82) is 0 Å². The van der Waals surface area contributed by atoms with E-state index in [1.54, 1.807) is 27.8 Å². The lowest BCUT2D eigenvalue weighted by molar-refractivity contribution is -0.151. The van der Waals surface area contributed by atoms with Crippen LogP contribution in [0.1, 0.15) is 20.8 Å². The molecule has 100 valence electrons. The van der Waals surface area contributed by atoms with E-state index in [4.69, 9.17) is 4.74 Å². The minimum absolute atomic E-state index is 0.00829. The van der Waals surface area contributed by atoms with E-state index in [1.807, 2.05) is 0 Å². The number of nitrogens with zero attached hydrogens (tertiary/aromatic N) is 2. The first-order valence-electron chi connectivity index (χ1n) is 5.37. The van der Waals surface area contributed by atoms with E-state index in [0.717, 1.165) is 18.0 Å². The standard InChI is InChI=1S/C11H16FN3O2S/c1-11(2,3)17-8(16)6-18-9-7(12)5-14-10(13-4)15-9/h5H,6H2,1-4H3,(H,13,14,15). The SMILES string of the molecule is CNc1ncc(F)c(SCC(=O)OC(C)(C)C)n1. The van der Waals surface area contributed by atoms with E-state index in [9.17, 15) is 9.18 Å². The summed E-state index contributed by atoms with van der Waals surface area (Å²) in [6, 6.07) is 0. The summed E-state index contributed by atoms with van der Waals surface area (Å²) in [5.41, 5.74) is -0.544. The lowest BCUT2D eigenvalue weighted by Crippen LogP contribution is -2.25. The Morgan fingerprint density at radius 3 is 2.78 bits per heavy atom. The van der Waals surface area contributed by atoms with Gasteiger partial charge in [0.15, 0.2) is 5.82 Å². The number of carbonyl (C=O) groups is 1. The Balaban J connectivity index is 2.60. The zero-order valence-corrected chi connectivity index (χ0v) is 11.6. The summed E-state index contributed by atoms with van der Waals surface area (Å²) in [7, 11) is 1.63. The monoisotopic (exact) mass is 273 g/mol. The molecule has 0 aromatic carbocycles. The summed E-state index contributed by atoms with van der Waals surface area (Å²) in [6.07, 6.45) is 1.07. The van der Waals surface area contributed by atoms with Gasteiger partial charge < -0.3 is 10.1 Å². The van der Waals surface area contributed by atoms with Crippen LogP contribution in [0.5, 0.6) is 0 Å². The van der Waals surface area contributed by atoms with Gasteiger partial charge in [0.25, 0.3) is 0 Å². The number of hydrogen-bond acceptors (Lipinski definition) is 6. The molecule has 0 atom stereocenters. The van der Waals surface area contributed by atoms with Crippen molar-refractivity contribution >= 4 is 23.7 Å². The second-order valence-corrected chi connectivity index (χ2v) is 5.44. The molecule has 0 radical (unpaired) electrons. The van der Waals surface area contributed by atoms with Gasteiger partial charge in [0.1, 0.15) is 10.6 Å². The molecule has 1 heterocycles. The van der Waals surface area contributed by atoms with Crippen LogP contribution in [-0.4, -0.2) is 34.3 Å². The number of anilines is 1. The van der Waals surface area contributed by atoms with Gasteiger partial charge in [0, 0.05) is 7.05 Å². The molecule has 0 spiro atoms. The van der Waals surface area contributed by atoms with E-state index in [1.165, 1.54) is 0 Å². The molecule has 0 fully saturated rings. The Morgan fingerprint density at radius 2 is 2.22 bits per heavy atom. The van der Waals surface area contributed by atoms with Crippen molar-refractivity contribution in [3.63, 3.8) is 0 Å². The molecule has 5 nitrogen and oxygen atoms in total. The molecule has 0 amide bonds. The van der Waals surface area contributed by atoms with Crippen LogP contribution < -0.4 is 5.32 Å². The van der Waals surface area contributed by atoms with Crippen molar-refractivity contribution in [2.75, 3.05) is 18.1 Å². The number of halogens is 1. The first-order chi connectivity index (χ1) is 8.31. The zero-order chi connectivity index (χ0) is 13.8. The fourth-order valence-electron chi connectivity index (χ4n) is 1.07. The quantitative estimate of drug-likeness (QED) is 0.515. The maximum Gasteiger partial charge on any atom is 0.316 e. The van der Waals surface area contributed by atoms with Gasteiger partial charge in [-0.05, 0) is 20.8 Å². The number of aromatic nitrogens is 2. The molecule has 0 bridgehead atoms. The van der Waals surface area contributed by atoms with E-state index in [0.29, 0.717) is 5.95 Å². The van der Waals surface area contributed by atoms with Crippen LogP contribution in [0.25, 0.3) is 0 Å². The second kappa shape index (κ2) is 5.99. The third-order valence-electron chi connectivity index (χ3n) is 1.68. The predicted octanol–water partition coefficient (Wildman–Crippen LogP) is 2.09. The van der Waals surface area contributed by atoms with E-state index < -0.39 is 17.4 Å². The minimum Gasteiger partial charge on any atom is -0.459 e. The highest BCUT2D eigenvalue weighted by Gasteiger charge is 2.17. The lowest BCUT2D eigenvalue weighted by atomic mass is 10.2. The molecule has 0 aliphatic heterocycles. The van der Waals surface area contributed by atoms with Crippen LogP contribution in [0.15, 0.2) is 11.2 Å². The Morgan fingerprint density at radius 1 is 1.56 bits per heavy atom. The number of carbonyl (C=O) groups excluding carboxylic acids is 1. The number of thioether (sulfide) groups is 1. The van der Waals surface area contributed by atoms with Gasteiger partial charge in [-0.15, -0.1) is 0 Å². The first kappa shape index (κ1) is 14.7. The lowest BCUT2D eigenvalue weighted by Gasteiger charge is -2.19.